The van der Waals surface area contributed by atoms with Crippen LogP contribution in [-0.2, 0) is 15.3 Å². The molecule has 1 aromatic heterocycles. The second-order valence-electron chi connectivity index (χ2n) is 15.2. The topological polar surface area (TPSA) is 59.9 Å². The van der Waals surface area contributed by atoms with Gasteiger partial charge in [-0.1, -0.05) is 170 Å². The second kappa shape index (κ2) is 12.1. The average molecular weight is 761 g/mol. The molecule has 0 radical (unpaired) electrons. The second-order valence-corrected chi connectivity index (χ2v) is 17.1. The van der Waals surface area contributed by atoms with E-state index in [-0.39, 0.29) is 0 Å². The van der Waals surface area contributed by atoms with Gasteiger partial charge < -0.3 is 0 Å². The fourth-order valence-electron chi connectivity index (χ4n) is 9.91. The van der Waals surface area contributed by atoms with Gasteiger partial charge in [0.1, 0.15) is 0 Å². The molecule has 1 spiro atoms. The molecule has 3 aliphatic rings. The molecular formula is C53H32N2O2S. The van der Waals surface area contributed by atoms with Gasteiger partial charge in [-0.2, -0.15) is 0 Å². The Bertz CT molecular complexity index is 3250. The Hall–Kier alpha value is -7.21. The lowest BCUT2D eigenvalue weighted by atomic mass is 9.65. The molecule has 2 aliphatic carbocycles. The molecule has 272 valence electrons. The Morgan fingerprint density at radius 2 is 0.879 bits per heavy atom. The van der Waals surface area contributed by atoms with Gasteiger partial charge in [0.2, 0.25) is 9.84 Å². The fourth-order valence-corrected chi connectivity index (χ4v) is 11.6. The van der Waals surface area contributed by atoms with Crippen LogP contribution in [-0.4, -0.2) is 18.4 Å². The number of hydrogen-bond acceptors (Lipinski definition) is 4. The zero-order valence-electron chi connectivity index (χ0n) is 31.1. The fraction of sp³-hybridized carbons (Fsp3) is 0.0189. The zero-order valence-corrected chi connectivity index (χ0v) is 31.9. The summed E-state index contributed by atoms with van der Waals surface area (Å²) in [6, 6.07) is 66.7. The van der Waals surface area contributed by atoms with Crippen molar-refractivity contribution >= 4 is 9.84 Å². The molecule has 2 heterocycles. The van der Waals surface area contributed by atoms with Crippen LogP contribution >= 0.6 is 0 Å². The van der Waals surface area contributed by atoms with E-state index < -0.39 is 15.3 Å². The van der Waals surface area contributed by atoms with E-state index in [2.05, 4.69) is 127 Å². The smallest absolute Gasteiger partial charge is 0.207 e. The van der Waals surface area contributed by atoms with Gasteiger partial charge in [0.25, 0.3) is 0 Å². The maximum Gasteiger partial charge on any atom is 0.207 e. The molecule has 0 saturated carbocycles. The lowest BCUT2D eigenvalue weighted by molar-refractivity contribution is 0.598. The number of aromatic nitrogens is 2. The molecule has 58 heavy (non-hydrogen) atoms. The zero-order chi connectivity index (χ0) is 38.6. The van der Waals surface area contributed by atoms with Crippen molar-refractivity contribution < 1.29 is 8.42 Å². The molecular weight excluding hydrogens is 729 g/mol. The average Bonchev–Trinajstić information content (AvgIpc) is 3.68. The van der Waals surface area contributed by atoms with Crippen molar-refractivity contribution in [1.29, 1.82) is 0 Å². The van der Waals surface area contributed by atoms with Crippen molar-refractivity contribution in [2.75, 3.05) is 0 Å². The summed E-state index contributed by atoms with van der Waals surface area (Å²) < 4.78 is 28.4. The molecule has 0 amide bonds. The van der Waals surface area contributed by atoms with Crippen LogP contribution in [0.1, 0.15) is 22.3 Å². The summed E-state index contributed by atoms with van der Waals surface area (Å²) in [5, 5.41) is 0. The largest absolute Gasteiger partial charge is 0.228 e. The van der Waals surface area contributed by atoms with Crippen molar-refractivity contribution in [3.63, 3.8) is 0 Å². The van der Waals surface area contributed by atoms with Crippen molar-refractivity contribution in [1.82, 2.24) is 9.97 Å². The van der Waals surface area contributed by atoms with Gasteiger partial charge in [-0.3, -0.25) is 0 Å². The van der Waals surface area contributed by atoms with Gasteiger partial charge in [-0.25, -0.2) is 18.4 Å². The lowest BCUT2D eigenvalue weighted by Crippen LogP contribution is -2.29. The molecule has 5 heteroatoms. The van der Waals surface area contributed by atoms with Crippen LogP contribution in [0, 0.1) is 0 Å². The van der Waals surface area contributed by atoms with Crippen molar-refractivity contribution in [2.45, 2.75) is 15.2 Å². The molecule has 1 unspecified atom stereocenters. The van der Waals surface area contributed by atoms with Crippen LogP contribution in [0.15, 0.2) is 204 Å². The van der Waals surface area contributed by atoms with E-state index >= 15 is 0 Å². The predicted octanol–water partition coefficient (Wildman–Crippen LogP) is 12.3. The maximum absolute atomic E-state index is 14.2. The van der Waals surface area contributed by atoms with Crippen molar-refractivity contribution in [3.8, 4) is 78.4 Å². The molecule has 0 bridgehead atoms. The first-order valence-electron chi connectivity index (χ1n) is 19.5. The first kappa shape index (κ1) is 33.0. The summed E-state index contributed by atoms with van der Waals surface area (Å²) in [6.07, 6.45) is 0. The van der Waals surface area contributed by atoms with Gasteiger partial charge in [0.15, 0.2) is 5.82 Å². The number of fused-ring (bicyclic) bond motifs is 16. The first-order chi connectivity index (χ1) is 28.5. The number of sulfone groups is 1. The lowest BCUT2D eigenvalue weighted by Gasteiger charge is -2.35. The van der Waals surface area contributed by atoms with Crippen LogP contribution in [0.2, 0.25) is 0 Å². The monoisotopic (exact) mass is 760 g/mol. The molecule has 4 nitrogen and oxygen atoms in total. The Morgan fingerprint density at radius 3 is 1.59 bits per heavy atom. The molecule has 0 saturated heterocycles. The van der Waals surface area contributed by atoms with Gasteiger partial charge in [0.05, 0.1) is 26.6 Å². The quantitative estimate of drug-likeness (QED) is 0.180. The first-order valence-corrected chi connectivity index (χ1v) is 21.0. The van der Waals surface area contributed by atoms with Crippen LogP contribution in [0.5, 0.6) is 0 Å². The highest BCUT2D eigenvalue weighted by Crippen LogP contribution is 2.64. The third-order valence-corrected chi connectivity index (χ3v) is 14.1. The third kappa shape index (κ3) is 4.42. The summed E-state index contributed by atoms with van der Waals surface area (Å²) in [5.74, 6) is 0.657. The van der Waals surface area contributed by atoms with Crippen LogP contribution in [0.3, 0.4) is 0 Å². The van der Waals surface area contributed by atoms with E-state index in [1.165, 1.54) is 0 Å². The van der Waals surface area contributed by atoms with Crippen LogP contribution in [0.25, 0.3) is 78.4 Å². The summed E-state index contributed by atoms with van der Waals surface area (Å²) in [6.45, 7) is 0. The standard InChI is InChI=1S/C53H32N2O2S/c56-58(57)48-26-14-11-23-41(48)51-49(58)30-29-44-50(51)40-22-10-13-25-43(40)53(44)42-24-12-9-21-38(42)36-19-7-8-20-37(36)39-28-27-35(31-45(39)53)47-32-46(33-15-3-1-4-16-33)54-52(55-47)34-17-5-2-6-18-34/h1-32H. The SMILES string of the molecule is O=S1(=O)c2ccccc2-c2c1ccc1c2-c2ccccc2C12c1ccccc1-c1ccccc1-c1ccc(-c3cc(-c4ccccc4)nc(-c4ccccc4)n3)cc12. The number of benzene rings is 8. The Labute approximate surface area is 336 Å². The van der Waals surface area contributed by atoms with E-state index in [9.17, 15) is 8.42 Å². The van der Waals surface area contributed by atoms with E-state index in [1.54, 1.807) is 6.07 Å². The Kier molecular flexibility index (Phi) is 6.91. The number of nitrogens with zero attached hydrogens (tertiary/aromatic N) is 2. The van der Waals surface area contributed by atoms with Gasteiger partial charge in [0, 0.05) is 27.8 Å². The predicted molar refractivity (Wildman–Crippen MR) is 231 cm³/mol. The normalized spacial score (nSPS) is 15.9. The summed E-state index contributed by atoms with van der Waals surface area (Å²) in [4.78, 5) is 11.1. The maximum atomic E-state index is 14.2. The molecule has 1 aliphatic heterocycles. The highest BCUT2D eigenvalue weighted by Gasteiger charge is 2.52. The molecule has 12 rings (SSSR count). The van der Waals surface area contributed by atoms with Gasteiger partial charge in [-0.05, 0) is 79.9 Å². The van der Waals surface area contributed by atoms with Crippen molar-refractivity contribution in [3.05, 3.63) is 216 Å². The van der Waals surface area contributed by atoms with E-state index in [4.69, 9.17) is 9.97 Å². The molecule has 8 aromatic carbocycles. The minimum atomic E-state index is -3.71. The highest BCUT2D eigenvalue weighted by atomic mass is 32.2. The Morgan fingerprint density at radius 1 is 0.345 bits per heavy atom. The highest BCUT2D eigenvalue weighted by molar-refractivity contribution is 7.92. The van der Waals surface area contributed by atoms with Gasteiger partial charge in [-0.15, -0.1) is 0 Å². The van der Waals surface area contributed by atoms with E-state index in [1.807, 2.05) is 60.7 Å². The van der Waals surface area contributed by atoms with Crippen LogP contribution < -0.4 is 0 Å². The third-order valence-electron chi connectivity index (χ3n) is 12.3. The minimum absolute atomic E-state index is 0.361. The molecule has 0 N–H and O–H groups in total. The molecule has 1 atom stereocenters. The Balaban J connectivity index is 1.22. The van der Waals surface area contributed by atoms with Crippen molar-refractivity contribution in [2.24, 2.45) is 0 Å². The van der Waals surface area contributed by atoms with E-state index in [0.717, 1.165) is 94.8 Å². The van der Waals surface area contributed by atoms with E-state index in [0.29, 0.717) is 15.6 Å². The number of rotatable bonds is 3. The van der Waals surface area contributed by atoms with Crippen LogP contribution in [0.4, 0.5) is 0 Å². The summed E-state index contributed by atoms with van der Waals surface area (Å²) in [5.41, 5.74) is 16.3. The minimum Gasteiger partial charge on any atom is -0.228 e. The number of hydrogen-bond donors (Lipinski definition) is 0. The molecule has 0 fully saturated rings. The summed E-state index contributed by atoms with van der Waals surface area (Å²) in [7, 11) is -3.71. The molecule has 9 aromatic rings. The summed E-state index contributed by atoms with van der Waals surface area (Å²) >= 11 is 0. The van der Waals surface area contributed by atoms with Gasteiger partial charge >= 0.3 is 0 Å².